The number of nitro benzene ring substituents is 1. The van der Waals surface area contributed by atoms with Crippen molar-refractivity contribution in [2.75, 3.05) is 25.1 Å². The summed E-state index contributed by atoms with van der Waals surface area (Å²) >= 11 is 1.62. The Balaban J connectivity index is 1.38. The van der Waals surface area contributed by atoms with Gasteiger partial charge in [-0.3, -0.25) is 14.9 Å². The van der Waals surface area contributed by atoms with Gasteiger partial charge in [0, 0.05) is 60.8 Å². The second kappa shape index (κ2) is 20.8. The van der Waals surface area contributed by atoms with Gasteiger partial charge in [-0.05, 0) is 140 Å². The molecule has 13 heteroatoms. The second-order valence-electron chi connectivity index (χ2n) is 16.6. The van der Waals surface area contributed by atoms with Gasteiger partial charge in [-0.1, -0.05) is 36.2 Å². The number of nitrogens with zero attached hydrogens (tertiary/aromatic N) is 2. The number of carbonyl (C=O) groups is 1. The summed E-state index contributed by atoms with van der Waals surface area (Å²) in [6.07, 6.45) is 9.15. The number of thioether (sulfide) groups is 1. The quantitative estimate of drug-likeness (QED) is 0.0337. The molecule has 2 aliphatic carbocycles. The highest BCUT2D eigenvalue weighted by Crippen LogP contribution is 2.63. The minimum absolute atomic E-state index is 0.00233. The van der Waals surface area contributed by atoms with Crippen molar-refractivity contribution in [2.45, 2.75) is 94.2 Å². The lowest BCUT2D eigenvalue weighted by Gasteiger charge is -2.58. The number of non-ortho nitro benzene ring substituents is 1. The Bertz CT molecular complexity index is 2310. The average molecular weight is 876 g/mol. The molecular weight excluding hydrogens is 819 g/mol. The maximum atomic E-state index is 11.9. The lowest BCUT2D eigenvalue weighted by molar-refractivity contribution is -0.384. The minimum atomic E-state index is -1.21. The lowest BCUT2D eigenvalue weighted by Crippen LogP contribution is -2.64. The van der Waals surface area contributed by atoms with Crippen LogP contribution in [0.2, 0.25) is 0 Å². The third-order valence-corrected chi connectivity index (χ3v) is 13.7. The minimum Gasteiger partial charge on any atom is -0.460 e. The first-order valence-corrected chi connectivity index (χ1v) is 22.6. The summed E-state index contributed by atoms with van der Waals surface area (Å²) in [4.78, 5) is 29.9. The van der Waals surface area contributed by atoms with Crippen molar-refractivity contribution in [2.24, 2.45) is 22.9 Å². The van der Waals surface area contributed by atoms with Crippen molar-refractivity contribution in [1.82, 2.24) is 0 Å². The van der Waals surface area contributed by atoms with E-state index in [9.17, 15) is 25.1 Å². The number of fused-ring (bicyclic) bond motifs is 2. The first kappa shape index (κ1) is 45.6. The summed E-state index contributed by atoms with van der Waals surface area (Å²) in [5.41, 5.74) is 6.47. The van der Waals surface area contributed by atoms with Gasteiger partial charge in [0.15, 0.2) is 0 Å². The Morgan fingerprint density at radius 2 is 1.68 bits per heavy atom. The highest BCUT2D eigenvalue weighted by Gasteiger charge is 2.64. The normalized spacial score (nSPS) is 22.8. The standard InChI is InChI=1S/C50H57N3O9S/c1-5-26-59-50-47(63-41-21-15-37(16-22-41)51-34(4)56)30-45(52-60-31-35-13-17-38(18-14-35)53(57)58)43-28-36(10-6-8-24-54)42(11-7-9-25-55)48(49(43)50)44-29-40(20-23-46(44)62-50)61-39-19-12-32(2)33(3)27-39/h5,12-23,27-29,36,42,47-49,54-55H,1,6-11,24-26,30-31H2,2-4H3,(H,51,56). The number of aliphatic hydroxyl groups is 2. The fourth-order valence-corrected chi connectivity index (χ4v) is 10.6. The van der Waals surface area contributed by atoms with Crippen molar-refractivity contribution >= 4 is 34.8 Å². The van der Waals surface area contributed by atoms with E-state index in [-0.39, 0.29) is 66.9 Å². The van der Waals surface area contributed by atoms with E-state index < -0.39 is 10.7 Å². The highest BCUT2D eigenvalue weighted by molar-refractivity contribution is 8.00. The van der Waals surface area contributed by atoms with Crippen LogP contribution in [0.5, 0.6) is 17.2 Å². The second-order valence-corrected chi connectivity index (χ2v) is 17.9. The first-order valence-electron chi connectivity index (χ1n) is 21.8. The number of anilines is 1. The molecule has 12 nitrogen and oxygen atoms in total. The summed E-state index contributed by atoms with van der Waals surface area (Å²) in [6.45, 7) is 10.2. The Labute approximate surface area is 373 Å². The molecule has 6 unspecified atom stereocenters. The highest BCUT2D eigenvalue weighted by atomic mass is 32.2. The zero-order valence-corrected chi connectivity index (χ0v) is 37.0. The predicted octanol–water partition coefficient (Wildman–Crippen LogP) is 10.6. The van der Waals surface area contributed by atoms with Gasteiger partial charge >= 0.3 is 0 Å². The van der Waals surface area contributed by atoms with Gasteiger partial charge < -0.3 is 34.6 Å². The molecule has 332 valence electrons. The van der Waals surface area contributed by atoms with Crippen molar-refractivity contribution in [1.29, 1.82) is 0 Å². The molecule has 0 spiro atoms. The van der Waals surface area contributed by atoms with E-state index in [1.165, 1.54) is 24.6 Å². The van der Waals surface area contributed by atoms with E-state index in [0.29, 0.717) is 36.4 Å². The summed E-state index contributed by atoms with van der Waals surface area (Å²) in [7, 11) is 0. The lowest BCUT2D eigenvalue weighted by atomic mass is 9.56. The van der Waals surface area contributed by atoms with Crippen LogP contribution in [-0.4, -0.2) is 57.6 Å². The van der Waals surface area contributed by atoms with Crippen LogP contribution >= 0.6 is 11.8 Å². The monoisotopic (exact) mass is 875 g/mol. The molecule has 4 aromatic carbocycles. The van der Waals surface area contributed by atoms with Gasteiger partial charge in [0.2, 0.25) is 11.7 Å². The molecule has 1 amide bonds. The molecule has 1 aliphatic heterocycles. The summed E-state index contributed by atoms with van der Waals surface area (Å²) in [6, 6.07) is 26.1. The fourth-order valence-electron chi connectivity index (χ4n) is 9.28. The van der Waals surface area contributed by atoms with Crippen molar-refractivity contribution in [3.8, 4) is 17.2 Å². The van der Waals surface area contributed by atoms with Crippen LogP contribution in [0, 0.1) is 41.7 Å². The predicted molar refractivity (Wildman–Crippen MR) is 245 cm³/mol. The van der Waals surface area contributed by atoms with Crippen LogP contribution in [0.25, 0.3) is 0 Å². The molecule has 0 radical (unpaired) electrons. The maximum absolute atomic E-state index is 11.9. The number of oxime groups is 1. The Kier molecular flexibility index (Phi) is 15.0. The molecule has 63 heavy (non-hydrogen) atoms. The van der Waals surface area contributed by atoms with Crippen molar-refractivity contribution in [3.05, 3.63) is 142 Å². The van der Waals surface area contributed by atoms with Gasteiger partial charge in [-0.15, -0.1) is 18.3 Å². The van der Waals surface area contributed by atoms with Crippen LogP contribution in [0.3, 0.4) is 0 Å². The number of unbranched alkanes of at least 4 members (excludes halogenated alkanes) is 2. The van der Waals surface area contributed by atoms with Gasteiger partial charge in [-0.2, -0.15) is 0 Å². The molecule has 0 saturated heterocycles. The number of amides is 1. The fraction of sp³-hybridized carbons (Fsp3) is 0.400. The number of nitro groups is 1. The number of hydrogen-bond acceptors (Lipinski definition) is 11. The molecule has 1 heterocycles. The van der Waals surface area contributed by atoms with E-state index in [1.807, 2.05) is 48.5 Å². The number of aryl methyl sites for hydroxylation is 2. The third-order valence-electron chi connectivity index (χ3n) is 12.3. The number of rotatable bonds is 20. The molecule has 1 saturated carbocycles. The molecule has 6 atom stereocenters. The SMILES string of the molecule is C=CCOC12Oc3ccc(Oc4ccc(C)c(C)c4)cc3C3C(CCCCO)C(CCCCO)C=C(C(=NOCc4ccc([N+](=O)[O-])cc4)CC1Sc1ccc(NC(C)=O)cc1)C32. The maximum Gasteiger partial charge on any atom is 0.269 e. The van der Waals surface area contributed by atoms with Crippen LogP contribution in [0.1, 0.15) is 80.0 Å². The van der Waals surface area contributed by atoms with E-state index in [1.54, 1.807) is 30.0 Å². The van der Waals surface area contributed by atoms with Crippen LogP contribution < -0.4 is 14.8 Å². The van der Waals surface area contributed by atoms with Crippen molar-refractivity contribution < 1.29 is 39.0 Å². The first-order chi connectivity index (χ1) is 30.5. The van der Waals surface area contributed by atoms with E-state index in [2.05, 4.69) is 44.0 Å². The molecule has 0 bridgehead atoms. The number of aliphatic hydroxyl groups excluding tert-OH is 2. The van der Waals surface area contributed by atoms with Crippen LogP contribution in [0.15, 0.2) is 119 Å². The van der Waals surface area contributed by atoms with E-state index in [0.717, 1.165) is 64.3 Å². The molecule has 1 fully saturated rings. The molecule has 0 aromatic heterocycles. The molecular formula is C50H57N3O9S. The van der Waals surface area contributed by atoms with Gasteiger partial charge in [-0.25, -0.2) is 0 Å². The molecule has 3 aliphatic rings. The van der Waals surface area contributed by atoms with Gasteiger partial charge in [0.1, 0.15) is 23.9 Å². The molecule has 7 rings (SSSR count). The number of hydrogen-bond donors (Lipinski definition) is 3. The largest absolute Gasteiger partial charge is 0.460 e. The average Bonchev–Trinajstić information content (AvgIpc) is 3.27. The zero-order chi connectivity index (χ0) is 44.5. The van der Waals surface area contributed by atoms with E-state index in [4.69, 9.17) is 24.2 Å². The summed E-state index contributed by atoms with van der Waals surface area (Å²) in [5, 5.41) is 38.6. The molecule has 3 N–H and O–H groups in total. The summed E-state index contributed by atoms with van der Waals surface area (Å²) in [5.74, 6) is 0.422. The molecule has 4 aromatic rings. The van der Waals surface area contributed by atoms with Gasteiger partial charge in [0.05, 0.1) is 28.4 Å². The van der Waals surface area contributed by atoms with E-state index >= 15 is 0 Å². The van der Waals surface area contributed by atoms with Crippen LogP contribution in [-0.2, 0) is 21.0 Å². The number of ether oxygens (including phenoxy) is 3. The Hall–Kier alpha value is -5.47. The Morgan fingerprint density at radius 1 is 0.968 bits per heavy atom. The number of allylic oxidation sites excluding steroid dienone is 1. The van der Waals surface area contributed by atoms with Crippen molar-refractivity contribution in [3.63, 3.8) is 0 Å². The number of carbonyl (C=O) groups excluding carboxylic acids is 1. The summed E-state index contributed by atoms with van der Waals surface area (Å²) < 4.78 is 21.0. The topological polar surface area (TPSA) is 162 Å². The third kappa shape index (κ3) is 10.5. The number of nitrogens with one attached hydrogen (secondary N) is 1. The van der Waals surface area contributed by atoms with Gasteiger partial charge in [0.25, 0.3) is 5.69 Å². The smallest absolute Gasteiger partial charge is 0.269 e. The van der Waals surface area contributed by atoms with Crippen LogP contribution in [0.4, 0.5) is 11.4 Å². The Morgan fingerprint density at radius 3 is 2.37 bits per heavy atom. The zero-order valence-electron chi connectivity index (χ0n) is 36.2. The number of benzene rings is 4.